The van der Waals surface area contributed by atoms with E-state index in [2.05, 4.69) is 15.1 Å². The maximum atomic E-state index is 12.5. The van der Waals surface area contributed by atoms with Crippen LogP contribution in [0.1, 0.15) is 23.2 Å². The normalized spacial score (nSPS) is 17.6. The van der Waals surface area contributed by atoms with Gasteiger partial charge in [0.2, 0.25) is 0 Å². The summed E-state index contributed by atoms with van der Waals surface area (Å²) < 4.78 is 29.2. The van der Waals surface area contributed by atoms with E-state index in [1.807, 2.05) is 0 Å². The van der Waals surface area contributed by atoms with Gasteiger partial charge in [-0.1, -0.05) is 12.1 Å². The number of para-hydroxylation sites is 1. The molecule has 0 radical (unpaired) electrons. The Morgan fingerprint density at radius 3 is 2.77 bits per heavy atom. The van der Waals surface area contributed by atoms with Crippen molar-refractivity contribution >= 4 is 11.8 Å². The van der Waals surface area contributed by atoms with E-state index in [4.69, 9.17) is 0 Å². The van der Waals surface area contributed by atoms with Crippen molar-refractivity contribution in [2.75, 3.05) is 13.7 Å². The highest BCUT2D eigenvalue weighted by Gasteiger charge is 2.35. The zero-order chi connectivity index (χ0) is 16.1. The molecule has 1 aromatic carbocycles. The Morgan fingerprint density at radius 2 is 2.09 bits per heavy atom. The number of ether oxygens (including phenoxy) is 1. The first kappa shape index (κ1) is 16.2. The highest BCUT2D eigenvalue weighted by Crippen LogP contribution is 2.26. The van der Waals surface area contributed by atoms with E-state index in [1.54, 1.807) is 6.07 Å². The molecular weight excluding hydrogens is 298 g/mol. The molecule has 1 aliphatic heterocycles. The quantitative estimate of drug-likeness (QED) is 0.838. The maximum Gasteiger partial charge on any atom is 0.387 e. The Hall–Kier alpha value is -2.22. The minimum absolute atomic E-state index is 0.0000770. The molecule has 1 N–H and O–H groups in total. The molecule has 0 aliphatic carbocycles. The number of likely N-dealkylation sites (tertiary alicyclic amines) is 1. The van der Waals surface area contributed by atoms with E-state index in [0.29, 0.717) is 19.4 Å². The number of amides is 2. The van der Waals surface area contributed by atoms with Crippen LogP contribution in [0.5, 0.6) is 5.75 Å². The fourth-order valence-corrected chi connectivity index (χ4v) is 2.45. The van der Waals surface area contributed by atoms with Crippen LogP contribution in [0, 0.1) is 0 Å². The zero-order valence-electron chi connectivity index (χ0n) is 11.9. The molecule has 22 heavy (non-hydrogen) atoms. The van der Waals surface area contributed by atoms with Crippen LogP contribution in [0.2, 0.25) is 0 Å². The summed E-state index contributed by atoms with van der Waals surface area (Å²) in [7, 11) is 1.30. The summed E-state index contributed by atoms with van der Waals surface area (Å²) in [6, 6.07) is 5.04. The summed E-state index contributed by atoms with van der Waals surface area (Å²) >= 11 is 0. The summed E-state index contributed by atoms with van der Waals surface area (Å²) in [6.07, 6.45) is 1.13. The number of hydrogen-bond donors (Lipinski definition) is 1. The molecule has 8 heteroatoms. The van der Waals surface area contributed by atoms with E-state index in [-0.39, 0.29) is 11.3 Å². The number of nitrogens with one attached hydrogen (secondary N) is 1. The lowest BCUT2D eigenvalue weighted by atomic mass is 10.1. The Morgan fingerprint density at radius 1 is 1.36 bits per heavy atom. The summed E-state index contributed by atoms with van der Waals surface area (Å²) in [5, 5.41) is 0. The predicted molar refractivity (Wildman–Crippen MR) is 72.3 cm³/mol. The van der Waals surface area contributed by atoms with Crippen LogP contribution in [0.4, 0.5) is 8.78 Å². The number of benzene rings is 1. The van der Waals surface area contributed by atoms with Crippen LogP contribution < -0.4 is 10.2 Å². The molecule has 6 nitrogen and oxygen atoms in total. The summed E-state index contributed by atoms with van der Waals surface area (Å²) in [4.78, 5) is 30.3. The molecule has 1 aromatic rings. The van der Waals surface area contributed by atoms with Crippen molar-refractivity contribution in [1.29, 1.82) is 0 Å². The van der Waals surface area contributed by atoms with Crippen molar-refractivity contribution in [3.05, 3.63) is 29.8 Å². The molecular formula is C14H16F2N2O4. The van der Waals surface area contributed by atoms with Crippen molar-refractivity contribution in [1.82, 2.24) is 10.4 Å². The van der Waals surface area contributed by atoms with Gasteiger partial charge in [-0.15, -0.1) is 0 Å². The van der Waals surface area contributed by atoms with Crippen LogP contribution in [0.15, 0.2) is 24.3 Å². The number of halogens is 2. The second-order valence-corrected chi connectivity index (χ2v) is 4.70. The molecule has 2 amide bonds. The van der Waals surface area contributed by atoms with Crippen LogP contribution in [0.3, 0.4) is 0 Å². The van der Waals surface area contributed by atoms with Crippen molar-refractivity contribution in [2.24, 2.45) is 0 Å². The van der Waals surface area contributed by atoms with Crippen molar-refractivity contribution in [2.45, 2.75) is 25.5 Å². The first-order valence-corrected chi connectivity index (χ1v) is 6.72. The number of alkyl halides is 2. The molecule has 2 rings (SSSR count). The van der Waals surface area contributed by atoms with Gasteiger partial charge in [0.05, 0.1) is 12.7 Å². The van der Waals surface area contributed by atoms with Crippen LogP contribution >= 0.6 is 0 Å². The fourth-order valence-electron chi connectivity index (χ4n) is 2.45. The predicted octanol–water partition coefficient (Wildman–Crippen LogP) is 1.57. The van der Waals surface area contributed by atoms with E-state index < -0.39 is 24.5 Å². The maximum absolute atomic E-state index is 12.5. The van der Waals surface area contributed by atoms with Gasteiger partial charge in [-0.2, -0.15) is 8.78 Å². The number of rotatable bonds is 5. The van der Waals surface area contributed by atoms with E-state index in [9.17, 15) is 18.4 Å². The molecule has 1 heterocycles. The SMILES string of the molecule is CONC(=O)[C@H]1CCCN1C(=O)c1ccccc1OC(F)F. The Bertz CT molecular complexity index is 553. The van der Waals surface area contributed by atoms with Gasteiger partial charge in [-0.25, -0.2) is 5.48 Å². The minimum atomic E-state index is -3.03. The van der Waals surface area contributed by atoms with Crippen molar-refractivity contribution < 1.29 is 27.9 Å². The Balaban J connectivity index is 2.22. The van der Waals surface area contributed by atoms with E-state index >= 15 is 0 Å². The smallest absolute Gasteiger partial charge is 0.387 e. The standard InChI is InChI=1S/C14H16F2N2O4/c1-21-17-12(19)10-6-4-8-18(10)13(20)9-5-2-3-7-11(9)22-14(15)16/h2-3,5,7,10,14H,4,6,8H2,1H3,(H,17,19)/t10-/m1/s1. The van der Waals surface area contributed by atoms with Gasteiger partial charge in [-0.3, -0.25) is 14.4 Å². The molecule has 0 aromatic heterocycles. The first-order chi connectivity index (χ1) is 10.5. The number of carbonyl (C=O) groups excluding carboxylic acids is 2. The van der Waals surface area contributed by atoms with E-state index in [0.717, 1.165) is 0 Å². The lowest BCUT2D eigenvalue weighted by Crippen LogP contribution is -2.45. The van der Waals surface area contributed by atoms with Crippen molar-refractivity contribution in [3.63, 3.8) is 0 Å². The van der Waals surface area contributed by atoms with Crippen molar-refractivity contribution in [3.8, 4) is 5.75 Å². The topological polar surface area (TPSA) is 67.9 Å². The molecule has 0 bridgehead atoms. The second-order valence-electron chi connectivity index (χ2n) is 4.70. The molecule has 120 valence electrons. The summed E-state index contributed by atoms with van der Waals surface area (Å²) in [5.74, 6) is -1.18. The highest BCUT2D eigenvalue weighted by atomic mass is 19.3. The molecule has 0 saturated carbocycles. The lowest BCUT2D eigenvalue weighted by Gasteiger charge is -2.24. The van der Waals surface area contributed by atoms with Gasteiger partial charge < -0.3 is 9.64 Å². The molecule has 0 spiro atoms. The fraction of sp³-hybridized carbons (Fsp3) is 0.429. The average molecular weight is 314 g/mol. The van der Waals surface area contributed by atoms with Crippen LogP contribution in [0.25, 0.3) is 0 Å². The third-order valence-corrected chi connectivity index (χ3v) is 3.35. The molecule has 1 saturated heterocycles. The van der Waals surface area contributed by atoms with Crippen LogP contribution in [-0.4, -0.2) is 43.0 Å². The average Bonchev–Trinajstić information content (AvgIpc) is 2.96. The molecule has 0 unspecified atom stereocenters. The zero-order valence-corrected chi connectivity index (χ0v) is 11.9. The highest BCUT2D eigenvalue weighted by molar-refractivity contribution is 5.99. The number of carbonyl (C=O) groups is 2. The molecule has 1 aliphatic rings. The lowest BCUT2D eigenvalue weighted by molar-refractivity contribution is -0.135. The van der Waals surface area contributed by atoms with Gasteiger partial charge in [-0.05, 0) is 25.0 Å². The second kappa shape index (κ2) is 7.17. The molecule has 1 fully saturated rings. The van der Waals surface area contributed by atoms with Gasteiger partial charge in [0.15, 0.2) is 0 Å². The van der Waals surface area contributed by atoms with Gasteiger partial charge in [0.25, 0.3) is 11.8 Å². The number of nitrogens with zero attached hydrogens (tertiary/aromatic N) is 1. The Kier molecular flexibility index (Phi) is 5.26. The Labute approximate surface area is 125 Å². The first-order valence-electron chi connectivity index (χ1n) is 6.72. The van der Waals surface area contributed by atoms with Gasteiger partial charge >= 0.3 is 6.61 Å². The largest absolute Gasteiger partial charge is 0.434 e. The van der Waals surface area contributed by atoms with E-state index in [1.165, 1.54) is 30.2 Å². The minimum Gasteiger partial charge on any atom is -0.434 e. The number of hydroxylamine groups is 1. The van der Waals surface area contributed by atoms with Gasteiger partial charge in [0.1, 0.15) is 11.8 Å². The van der Waals surface area contributed by atoms with Gasteiger partial charge in [0, 0.05) is 6.54 Å². The monoisotopic (exact) mass is 314 g/mol. The summed E-state index contributed by atoms with van der Waals surface area (Å²) in [5.41, 5.74) is 2.19. The third-order valence-electron chi connectivity index (χ3n) is 3.35. The third kappa shape index (κ3) is 3.51. The molecule has 1 atom stereocenters. The van der Waals surface area contributed by atoms with Crippen LogP contribution in [-0.2, 0) is 9.63 Å². The summed E-state index contributed by atoms with van der Waals surface area (Å²) in [6.45, 7) is -2.66. The number of hydrogen-bond acceptors (Lipinski definition) is 4.